The first-order valence-corrected chi connectivity index (χ1v) is 11.5. The lowest BCUT2D eigenvalue weighted by molar-refractivity contribution is 0.0664. The molecule has 1 N–H and O–H groups in total. The lowest BCUT2D eigenvalue weighted by Crippen LogP contribution is -2.47. The van der Waals surface area contributed by atoms with Gasteiger partial charge in [0.1, 0.15) is 0 Å². The van der Waals surface area contributed by atoms with Crippen molar-refractivity contribution in [2.24, 2.45) is 0 Å². The number of likely N-dealkylation sites (N-methyl/N-ethyl adjacent to an activating group) is 1. The highest BCUT2D eigenvalue weighted by Gasteiger charge is 2.20. The average molecular weight is 453 g/mol. The smallest absolute Gasteiger partial charge is 0.253 e. The summed E-state index contributed by atoms with van der Waals surface area (Å²) in [4.78, 5) is 30.8. The standard InChI is InChI=1S/C27H28N6O/c1-18-13-22(20-5-4-6-21(14-20)26(34)33-11-9-32(3)10-12-33)15-23-16-29-27(31-25(18)23)30-24-8-7-19(2)28-17-24/h4-8,13-17H,9-12H2,1-3H3,(H,29,30,31). The van der Waals surface area contributed by atoms with Crippen molar-refractivity contribution in [1.82, 2.24) is 24.8 Å². The summed E-state index contributed by atoms with van der Waals surface area (Å²) in [5.74, 6) is 0.630. The zero-order chi connectivity index (χ0) is 23.7. The largest absolute Gasteiger partial charge is 0.336 e. The second kappa shape index (κ2) is 9.19. The fourth-order valence-electron chi connectivity index (χ4n) is 4.25. The van der Waals surface area contributed by atoms with Crippen LogP contribution in [-0.4, -0.2) is 63.9 Å². The summed E-state index contributed by atoms with van der Waals surface area (Å²) in [6.07, 6.45) is 3.61. The molecular weight excluding hydrogens is 424 g/mol. The SMILES string of the molecule is Cc1ccc(Nc2ncc3cc(-c4cccc(C(=O)N5CCN(C)CC5)c4)cc(C)c3n2)cn1. The number of aryl methyl sites for hydroxylation is 2. The molecule has 1 saturated heterocycles. The minimum Gasteiger partial charge on any atom is -0.336 e. The van der Waals surface area contributed by atoms with Crippen molar-refractivity contribution in [2.45, 2.75) is 13.8 Å². The molecule has 1 aliphatic rings. The summed E-state index contributed by atoms with van der Waals surface area (Å²) < 4.78 is 0. The van der Waals surface area contributed by atoms with Crippen molar-refractivity contribution in [1.29, 1.82) is 0 Å². The number of hydrogen-bond acceptors (Lipinski definition) is 6. The number of carbonyl (C=O) groups is 1. The van der Waals surface area contributed by atoms with E-state index >= 15 is 0 Å². The zero-order valence-electron chi connectivity index (χ0n) is 19.7. The molecule has 0 spiro atoms. The second-order valence-electron chi connectivity index (χ2n) is 8.91. The summed E-state index contributed by atoms with van der Waals surface area (Å²) in [7, 11) is 2.09. The maximum absolute atomic E-state index is 13.1. The van der Waals surface area contributed by atoms with Crippen LogP contribution in [0.2, 0.25) is 0 Å². The van der Waals surface area contributed by atoms with E-state index in [-0.39, 0.29) is 5.91 Å². The normalized spacial score (nSPS) is 14.4. The number of anilines is 2. The second-order valence-corrected chi connectivity index (χ2v) is 8.91. The third-order valence-corrected chi connectivity index (χ3v) is 6.27. The highest BCUT2D eigenvalue weighted by molar-refractivity contribution is 5.96. The maximum atomic E-state index is 13.1. The molecule has 7 heteroatoms. The molecule has 0 aliphatic carbocycles. The van der Waals surface area contributed by atoms with E-state index in [1.54, 1.807) is 6.20 Å². The number of pyridine rings is 1. The van der Waals surface area contributed by atoms with Gasteiger partial charge in [0.25, 0.3) is 5.91 Å². The fourth-order valence-corrected chi connectivity index (χ4v) is 4.25. The highest BCUT2D eigenvalue weighted by atomic mass is 16.2. The van der Waals surface area contributed by atoms with Crippen LogP contribution in [0.15, 0.2) is 60.9 Å². The Bertz CT molecular complexity index is 1340. The Hall–Kier alpha value is -3.84. The van der Waals surface area contributed by atoms with E-state index in [9.17, 15) is 4.79 Å². The van der Waals surface area contributed by atoms with Crippen molar-refractivity contribution >= 4 is 28.4 Å². The van der Waals surface area contributed by atoms with Gasteiger partial charge in [0, 0.05) is 49.0 Å². The van der Waals surface area contributed by atoms with Crippen LogP contribution in [0.4, 0.5) is 11.6 Å². The van der Waals surface area contributed by atoms with Crippen LogP contribution in [0.3, 0.4) is 0 Å². The number of aromatic nitrogens is 3. The highest BCUT2D eigenvalue weighted by Crippen LogP contribution is 2.28. The number of hydrogen-bond donors (Lipinski definition) is 1. The molecule has 172 valence electrons. The Morgan fingerprint density at radius 1 is 0.912 bits per heavy atom. The van der Waals surface area contributed by atoms with Crippen LogP contribution in [0, 0.1) is 13.8 Å². The van der Waals surface area contributed by atoms with Gasteiger partial charge in [-0.1, -0.05) is 12.1 Å². The van der Waals surface area contributed by atoms with Gasteiger partial charge in [0.2, 0.25) is 5.95 Å². The molecule has 0 unspecified atom stereocenters. The van der Waals surface area contributed by atoms with Crippen LogP contribution in [-0.2, 0) is 0 Å². The number of nitrogens with one attached hydrogen (secondary N) is 1. The Morgan fingerprint density at radius 3 is 2.50 bits per heavy atom. The molecule has 2 aromatic carbocycles. The molecule has 34 heavy (non-hydrogen) atoms. The quantitative estimate of drug-likeness (QED) is 0.493. The van der Waals surface area contributed by atoms with Gasteiger partial charge in [-0.05, 0) is 74.0 Å². The molecule has 0 bridgehead atoms. The molecule has 7 nitrogen and oxygen atoms in total. The lowest BCUT2D eigenvalue weighted by Gasteiger charge is -2.32. The summed E-state index contributed by atoms with van der Waals surface area (Å²) >= 11 is 0. The first-order chi connectivity index (χ1) is 16.5. The third kappa shape index (κ3) is 4.61. The maximum Gasteiger partial charge on any atom is 0.253 e. The predicted octanol–water partition coefficient (Wildman–Crippen LogP) is 4.44. The molecule has 0 radical (unpaired) electrons. The van der Waals surface area contributed by atoms with E-state index in [1.165, 1.54) is 0 Å². The molecule has 1 aliphatic heterocycles. The van der Waals surface area contributed by atoms with Crippen molar-refractivity contribution in [2.75, 3.05) is 38.5 Å². The third-order valence-electron chi connectivity index (χ3n) is 6.27. The summed E-state index contributed by atoms with van der Waals surface area (Å²) in [6, 6.07) is 16.0. The summed E-state index contributed by atoms with van der Waals surface area (Å²) in [6.45, 7) is 7.35. The van der Waals surface area contributed by atoms with Gasteiger partial charge in [-0.3, -0.25) is 9.78 Å². The molecule has 4 aromatic rings. The minimum absolute atomic E-state index is 0.0945. The molecule has 5 rings (SSSR count). The van der Waals surface area contributed by atoms with Crippen LogP contribution in [0.5, 0.6) is 0 Å². The van der Waals surface area contributed by atoms with Crippen LogP contribution < -0.4 is 5.32 Å². The van der Waals surface area contributed by atoms with Gasteiger partial charge in [-0.2, -0.15) is 0 Å². The molecule has 1 fully saturated rings. The van der Waals surface area contributed by atoms with E-state index in [0.29, 0.717) is 5.95 Å². The first-order valence-electron chi connectivity index (χ1n) is 11.5. The first kappa shape index (κ1) is 22.0. The number of nitrogens with zero attached hydrogens (tertiary/aromatic N) is 5. The fraction of sp³-hybridized carbons (Fsp3) is 0.259. The van der Waals surface area contributed by atoms with E-state index < -0.39 is 0 Å². The van der Waals surface area contributed by atoms with Crippen molar-refractivity contribution in [3.05, 3.63) is 77.7 Å². The topological polar surface area (TPSA) is 74.2 Å². The van der Waals surface area contributed by atoms with E-state index in [4.69, 9.17) is 4.98 Å². The molecule has 3 heterocycles. The number of rotatable bonds is 4. The predicted molar refractivity (Wildman–Crippen MR) is 135 cm³/mol. The number of piperazine rings is 1. The molecular formula is C27H28N6O. The molecule has 0 atom stereocenters. The average Bonchev–Trinajstić information content (AvgIpc) is 2.86. The van der Waals surface area contributed by atoms with Crippen molar-refractivity contribution in [3.8, 4) is 11.1 Å². The Balaban J connectivity index is 1.41. The van der Waals surface area contributed by atoms with Crippen LogP contribution in [0.25, 0.3) is 22.0 Å². The van der Waals surface area contributed by atoms with Crippen LogP contribution in [0.1, 0.15) is 21.6 Å². The zero-order valence-corrected chi connectivity index (χ0v) is 19.7. The summed E-state index contributed by atoms with van der Waals surface area (Å²) in [5, 5.41) is 4.18. The number of amides is 1. The Kier molecular flexibility index (Phi) is 5.94. The lowest BCUT2D eigenvalue weighted by atomic mass is 9.98. The number of fused-ring (bicyclic) bond motifs is 1. The summed E-state index contributed by atoms with van der Waals surface area (Å²) in [5.41, 5.74) is 6.54. The Labute approximate surface area is 199 Å². The van der Waals surface area contributed by atoms with Gasteiger partial charge in [0.05, 0.1) is 17.4 Å². The Morgan fingerprint density at radius 2 is 1.74 bits per heavy atom. The molecule has 0 saturated carbocycles. The van der Waals surface area contributed by atoms with Gasteiger partial charge in [-0.25, -0.2) is 9.97 Å². The van der Waals surface area contributed by atoms with Crippen LogP contribution >= 0.6 is 0 Å². The van der Waals surface area contributed by atoms with Gasteiger partial charge in [-0.15, -0.1) is 0 Å². The monoisotopic (exact) mass is 452 g/mol. The van der Waals surface area contributed by atoms with Crippen molar-refractivity contribution in [3.63, 3.8) is 0 Å². The van der Waals surface area contributed by atoms with E-state index in [2.05, 4.69) is 46.3 Å². The van der Waals surface area contributed by atoms with E-state index in [1.807, 2.05) is 54.4 Å². The minimum atomic E-state index is 0.0945. The van der Waals surface area contributed by atoms with Crippen molar-refractivity contribution < 1.29 is 4.79 Å². The van der Waals surface area contributed by atoms with E-state index in [0.717, 1.165) is 70.7 Å². The molecule has 2 aromatic heterocycles. The number of carbonyl (C=O) groups excluding carboxylic acids is 1. The van der Waals surface area contributed by atoms with Gasteiger partial charge >= 0.3 is 0 Å². The molecule has 1 amide bonds. The van der Waals surface area contributed by atoms with Gasteiger partial charge < -0.3 is 15.1 Å². The van der Waals surface area contributed by atoms with Gasteiger partial charge in [0.15, 0.2) is 0 Å². The number of benzene rings is 2.